The van der Waals surface area contributed by atoms with Crippen LogP contribution in [0.1, 0.15) is 0 Å². The topological polar surface area (TPSA) is 58.5 Å². The van der Waals surface area contributed by atoms with E-state index in [1.54, 1.807) is 6.20 Å². The number of aliphatic hydroxyl groups excluding tert-OH is 1. The van der Waals surface area contributed by atoms with Gasteiger partial charge in [0.15, 0.2) is 0 Å². The normalized spacial score (nSPS) is 21.7. The highest BCUT2D eigenvalue weighted by atomic mass is 79.9. The molecule has 1 saturated heterocycles. The van der Waals surface area contributed by atoms with Crippen LogP contribution in [0.2, 0.25) is 0 Å². The number of anilines is 1. The quantitative estimate of drug-likeness (QED) is 0.847. The first-order valence-corrected chi connectivity index (χ1v) is 5.53. The van der Waals surface area contributed by atoms with E-state index in [9.17, 15) is 0 Å². The second kappa shape index (κ2) is 4.87. The summed E-state index contributed by atoms with van der Waals surface area (Å²) in [7, 11) is 0. The zero-order valence-corrected chi connectivity index (χ0v) is 9.72. The zero-order valence-electron chi connectivity index (χ0n) is 8.14. The van der Waals surface area contributed by atoms with Gasteiger partial charge in [-0.05, 0) is 15.9 Å². The minimum atomic E-state index is -0.124. The highest BCUT2D eigenvalue weighted by Crippen LogP contribution is 2.23. The van der Waals surface area contributed by atoms with Crippen LogP contribution in [0.5, 0.6) is 0 Å². The van der Waals surface area contributed by atoms with Gasteiger partial charge in [-0.1, -0.05) is 0 Å². The van der Waals surface area contributed by atoms with E-state index in [4.69, 9.17) is 9.84 Å². The first kappa shape index (κ1) is 10.8. The van der Waals surface area contributed by atoms with Crippen molar-refractivity contribution in [2.75, 3.05) is 31.2 Å². The fraction of sp³-hybridized carbons (Fsp3) is 0.556. The van der Waals surface area contributed by atoms with E-state index >= 15 is 0 Å². The van der Waals surface area contributed by atoms with Crippen molar-refractivity contribution in [3.63, 3.8) is 0 Å². The van der Waals surface area contributed by atoms with Crippen LogP contribution >= 0.6 is 15.9 Å². The van der Waals surface area contributed by atoms with E-state index in [1.807, 2.05) is 0 Å². The van der Waals surface area contributed by atoms with Crippen molar-refractivity contribution in [3.05, 3.63) is 17.0 Å². The molecule has 0 saturated carbocycles. The highest BCUT2D eigenvalue weighted by Gasteiger charge is 2.21. The summed E-state index contributed by atoms with van der Waals surface area (Å²) in [6.07, 6.45) is 3.11. The molecule has 0 amide bonds. The van der Waals surface area contributed by atoms with Gasteiger partial charge in [-0.15, -0.1) is 0 Å². The van der Waals surface area contributed by atoms with Crippen LogP contribution in [0.25, 0.3) is 0 Å². The average molecular weight is 274 g/mol. The number of rotatable bonds is 2. The summed E-state index contributed by atoms with van der Waals surface area (Å²) in [5.41, 5.74) is 0. The van der Waals surface area contributed by atoms with Crippen molar-refractivity contribution in [2.24, 2.45) is 0 Å². The van der Waals surface area contributed by atoms with Gasteiger partial charge in [-0.2, -0.15) is 0 Å². The molecule has 1 unspecified atom stereocenters. The van der Waals surface area contributed by atoms with E-state index in [0.29, 0.717) is 13.2 Å². The van der Waals surface area contributed by atoms with Gasteiger partial charge in [0.2, 0.25) is 0 Å². The second-order valence-corrected chi connectivity index (χ2v) is 4.17. The number of nitrogens with zero attached hydrogens (tertiary/aromatic N) is 3. The molecule has 1 fully saturated rings. The Labute approximate surface area is 96.2 Å². The van der Waals surface area contributed by atoms with Gasteiger partial charge in [0, 0.05) is 19.3 Å². The summed E-state index contributed by atoms with van der Waals surface area (Å²) >= 11 is 3.40. The number of hydrogen-bond acceptors (Lipinski definition) is 5. The Balaban J connectivity index is 2.13. The molecule has 0 aromatic carbocycles. The van der Waals surface area contributed by atoms with Crippen molar-refractivity contribution in [2.45, 2.75) is 6.10 Å². The Morgan fingerprint density at radius 1 is 1.67 bits per heavy atom. The van der Waals surface area contributed by atoms with Gasteiger partial charge in [-0.3, -0.25) is 0 Å². The lowest BCUT2D eigenvalue weighted by molar-refractivity contribution is 0.00332. The lowest BCUT2D eigenvalue weighted by Gasteiger charge is -2.33. The number of ether oxygens (including phenoxy) is 1. The smallest absolute Gasteiger partial charge is 0.146 e. The predicted molar refractivity (Wildman–Crippen MR) is 58.8 cm³/mol. The van der Waals surface area contributed by atoms with Crippen LogP contribution in [0.3, 0.4) is 0 Å². The van der Waals surface area contributed by atoms with Crippen LogP contribution in [0.15, 0.2) is 17.0 Å². The molecule has 6 heteroatoms. The summed E-state index contributed by atoms with van der Waals surface area (Å²) in [5.74, 6) is 0.853. The summed E-state index contributed by atoms with van der Waals surface area (Å²) in [4.78, 5) is 10.2. The molecule has 0 bridgehead atoms. The van der Waals surface area contributed by atoms with Crippen LogP contribution in [-0.4, -0.2) is 47.5 Å². The molecule has 1 N–H and O–H groups in total. The molecule has 0 spiro atoms. The Morgan fingerprint density at radius 2 is 2.53 bits per heavy atom. The van der Waals surface area contributed by atoms with Crippen LogP contribution < -0.4 is 4.90 Å². The molecule has 5 nitrogen and oxygen atoms in total. The summed E-state index contributed by atoms with van der Waals surface area (Å²) in [6, 6.07) is 0. The Morgan fingerprint density at radius 3 is 3.27 bits per heavy atom. The van der Waals surface area contributed by atoms with E-state index < -0.39 is 0 Å². The molecule has 2 heterocycles. The molecule has 82 valence electrons. The average Bonchev–Trinajstić information content (AvgIpc) is 2.30. The van der Waals surface area contributed by atoms with Crippen molar-refractivity contribution >= 4 is 21.7 Å². The van der Waals surface area contributed by atoms with Crippen molar-refractivity contribution in [3.8, 4) is 0 Å². The molecule has 2 rings (SSSR count). The number of hydrogen-bond donors (Lipinski definition) is 1. The van der Waals surface area contributed by atoms with Gasteiger partial charge in [0.05, 0.1) is 23.8 Å². The SMILES string of the molecule is OCC1CN(c2ncncc2Br)CCO1. The lowest BCUT2D eigenvalue weighted by Crippen LogP contribution is -2.44. The maximum atomic E-state index is 9.03. The van der Waals surface area contributed by atoms with Crippen molar-refractivity contribution in [1.82, 2.24) is 9.97 Å². The van der Waals surface area contributed by atoms with Gasteiger partial charge < -0.3 is 14.7 Å². The van der Waals surface area contributed by atoms with E-state index in [2.05, 4.69) is 30.8 Å². The number of aromatic nitrogens is 2. The lowest BCUT2D eigenvalue weighted by atomic mass is 10.3. The molecule has 1 atom stereocenters. The third-order valence-electron chi connectivity index (χ3n) is 2.29. The molecule has 1 aromatic rings. The Hall–Kier alpha value is -0.720. The van der Waals surface area contributed by atoms with Gasteiger partial charge >= 0.3 is 0 Å². The third-order valence-corrected chi connectivity index (χ3v) is 2.85. The molecule has 15 heavy (non-hydrogen) atoms. The predicted octanol–water partition coefficient (Wildman–Crippen LogP) is 0.437. The molecule has 1 aliphatic rings. The van der Waals surface area contributed by atoms with E-state index in [-0.39, 0.29) is 12.7 Å². The van der Waals surface area contributed by atoms with Gasteiger partial charge in [0.1, 0.15) is 12.1 Å². The number of morpholine rings is 1. The molecular formula is C9H12BrN3O2. The minimum Gasteiger partial charge on any atom is -0.394 e. The Kier molecular flexibility index (Phi) is 3.50. The zero-order chi connectivity index (χ0) is 10.7. The second-order valence-electron chi connectivity index (χ2n) is 3.32. The van der Waals surface area contributed by atoms with Crippen molar-refractivity contribution in [1.29, 1.82) is 0 Å². The molecular weight excluding hydrogens is 262 g/mol. The van der Waals surface area contributed by atoms with Crippen molar-refractivity contribution < 1.29 is 9.84 Å². The summed E-state index contributed by atoms with van der Waals surface area (Å²) in [5, 5.41) is 9.03. The first-order valence-electron chi connectivity index (χ1n) is 4.74. The van der Waals surface area contributed by atoms with Crippen LogP contribution in [0.4, 0.5) is 5.82 Å². The Bertz CT molecular complexity index is 337. The van der Waals surface area contributed by atoms with Crippen LogP contribution in [-0.2, 0) is 4.74 Å². The van der Waals surface area contributed by atoms with Gasteiger partial charge in [-0.25, -0.2) is 9.97 Å². The number of aliphatic hydroxyl groups is 1. The van der Waals surface area contributed by atoms with Gasteiger partial charge in [0.25, 0.3) is 0 Å². The first-order chi connectivity index (χ1) is 7.31. The molecule has 1 aliphatic heterocycles. The molecule has 1 aromatic heterocycles. The van der Waals surface area contributed by atoms with E-state index in [1.165, 1.54) is 6.33 Å². The third kappa shape index (κ3) is 2.45. The fourth-order valence-corrected chi connectivity index (χ4v) is 2.03. The minimum absolute atomic E-state index is 0.0409. The highest BCUT2D eigenvalue weighted by molar-refractivity contribution is 9.10. The van der Waals surface area contributed by atoms with E-state index in [0.717, 1.165) is 16.8 Å². The summed E-state index contributed by atoms with van der Waals surface area (Å²) in [6.45, 7) is 2.10. The monoisotopic (exact) mass is 273 g/mol. The molecule has 0 radical (unpaired) electrons. The largest absolute Gasteiger partial charge is 0.394 e. The fourth-order valence-electron chi connectivity index (χ4n) is 1.56. The molecule has 0 aliphatic carbocycles. The standard InChI is InChI=1S/C9H12BrN3O2/c10-8-3-11-6-12-9(8)13-1-2-15-7(4-13)5-14/h3,6-7,14H,1-2,4-5H2. The number of halogens is 1. The van der Waals surface area contributed by atoms with Crippen LogP contribution in [0, 0.1) is 0 Å². The maximum absolute atomic E-state index is 9.03. The maximum Gasteiger partial charge on any atom is 0.146 e. The summed E-state index contributed by atoms with van der Waals surface area (Å²) < 4.78 is 6.23.